The summed E-state index contributed by atoms with van der Waals surface area (Å²) in [5.74, 6) is 5.07. The maximum Gasteiger partial charge on any atom is 0.221 e. The van der Waals surface area contributed by atoms with Crippen molar-refractivity contribution >= 4 is 5.91 Å². The number of amides is 1. The van der Waals surface area contributed by atoms with Gasteiger partial charge < -0.3 is 5.32 Å². The molecule has 0 spiro atoms. The van der Waals surface area contributed by atoms with Gasteiger partial charge in [-0.2, -0.15) is 0 Å². The van der Waals surface area contributed by atoms with Crippen molar-refractivity contribution in [3.8, 4) is 11.8 Å². The molecule has 0 atom stereocenters. The zero-order valence-corrected chi connectivity index (χ0v) is 5.62. The Labute approximate surface area is 54.9 Å². The number of hydrogen-bond acceptors (Lipinski definition) is 1. The van der Waals surface area contributed by atoms with Crippen molar-refractivity contribution in [3.05, 3.63) is 12.3 Å². The lowest BCUT2D eigenvalue weighted by atomic mass is 10.4. The highest BCUT2D eigenvalue weighted by Crippen LogP contribution is 1.77. The van der Waals surface area contributed by atoms with Crippen molar-refractivity contribution < 1.29 is 4.79 Å². The van der Waals surface area contributed by atoms with Crippen LogP contribution in [0.4, 0.5) is 0 Å². The van der Waals surface area contributed by atoms with Gasteiger partial charge in [0.05, 0.1) is 5.70 Å². The molecule has 2 nitrogen and oxygen atoms in total. The Morgan fingerprint density at radius 1 is 1.67 bits per heavy atom. The molecule has 0 saturated heterocycles. The van der Waals surface area contributed by atoms with Crippen LogP contribution in [0.2, 0.25) is 0 Å². The molecule has 0 aliphatic rings. The van der Waals surface area contributed by atoms with E-state index < -0.39 is 0 Å². The molecular weight excluding hydrogens is 114 g/mol. The van der Waals surface area contributed by atoms with Crippen molar-refractivity contribution in [1.82, 2.24) is 5.32 Å². The predicted octanol–water partition coefficient (Wildman–Crippen LogP) is 0.659. The Kier molecular flexibility index (Phi) is 3.22. The lowest BCUT2D eigenvalue weighted by Crippen LogP contribution is -2.16. The fourth-order valence-electron chi connectivity index (χ4n) is 0.395. The number of carbonyl (C=O) groups is 1. The van der Waals surface area contributed by atoms with Gasteiger partial charge in [0.25, 0.3) is 0 Å². The van der Waals surface area contributed by atoms with E-state index in [1.165, 1.54) is 6.92 Å². The quantitative estimate of drug-likeness (QED) is 0.510. The topological polar surface area (TPSA) is 29.1 Å². The molecule has 0 aromatic carbocycles. The molecule has 0 aliphatic carbocycles. The highest BCUT2D eigenvalue weighted by molar-refractivity contribution is 5.75. The average Bonchev–Trinajstić information content (AvgIpc) is 1.63. The third-order valence-corrected chi connectivity index (χ3v) is 0.603. The molecule has 1 N–H and O–H groups in total. The molecule has 2 heteroatoms. The maximum absolute atomic E-state index is 10.3. The van der Waals surface area contributed by atoms with E-state index in [2.05, 4.69) is 23.7 Å². The van der Waals surface area contributed by atoms with Gasteiger partial charge in [-0.15, -0.1) is 0 Å². The fourth-order valence-corrected chi connectivity index (χ4v) is 0.395. The highest BCUT2D eigenvalue weighted by Gasteiger charge is 1.88. The maximum atomic E-state index is 10.3. The Balaban J connectivity index is 3.74. The van der Waals surface area contributed by atoms with Gasteiger partial charge in [-0.3, -0.25) is 4.79 Å². The van der Waals surface area contributed by atoms with E-state index in [0.717, 1.165) is 0 Å². The summed E-state index contributed by atoms with van der Waals surface area (Å²) in [4.78, 5) is 10.3. The standard InChI is InChI=1S/C7H9NO/c1-4-5-6(2)8-7(3)9/h2H2,1,3H3,(H,8,9). The minimum atomic E-state index is -0.136. The molecule has 0 unspecified atom stereocenters. The Morgan fingerprint density at radius 2 is 2.22 bits per heavy atom. The van der Waals surface area contributed by atoms with Crippen LogP contribution in [0.1, 0.15) is 13.8 Å². The second-order valence-electron chi connectivity index (χ2n) is 1.53. The minimum absolute atomic E-state index is 0.136. The first-order valence-corrected chi connectivity index (χ1v) is 2.56. The fraction of sp³-hybridized carbons (Fsp3) is 0.286. The second-order valence-corrected chi connectivity index (χ2v) is 1.53. The molecule has 0 heterocycles. The van der Waals surface area contributed by atoms with Crippen molar-refractivity contribution in [3.63, 3.8) is 0 Å². The molecule has 0 saturated carbocycles. The number of carbonyl (C=O) groups excluding carboxylic acids is 1. The SMILES string of the molecule is C=C(C#CC)NC(C)=O. The van der Waals surface area contributed by atoms with Gasteiger partial charge in [-0.05, 0) is 12.8 Å². The van der Waals surface area contributed by atoms with Crippen LogP contribution in [0.15, 0.2) is 12.3 Å². The number of nitrogens with one attached hydrogen (secondary N) is 1. The summed E-state index contributed by atoms with van der Waals surface area (Å²) in [7, 11) is 0. The number of hydrogen-bond donors (Lipinski definition) is 1. The lowest BCUT2D eigenvalue weighted by Gasteiger charge is -1.94. The predicted molar refractivity (Wildman–Crippen MR) is 36.4 cm³/mol. The van der Waals surface area contributed by atoms with E-state index in [1.807, 2.05) is 0 Å². The smallest absolute Gasteiger partial charge is 0.221 e. The first-order valence-electron chi connectivity index (χ1n) is 2.56. The first-order chi connectivity index (χ1) is 4.16. The molecule has 0 bridgehead atoms. The third kappa shape index (κ3) is 4.63. The normalized spacial score (nSPS) is 6.89. The van der Waals surface area contributed by atoms with Gasteiger partial charge in [0.1, 0.15) is 0 Å². The summed E-state index contributed by atoms with van der Waals surface area (Å²) in [6.07, 6.45) is 0. The largest absolute Gasteiger partial charge is 0.320 e. The summed E-state index contributed by atoms with van der Waals surface area (Å²) in [5.41, 5.74) is 0.449. The molecule has 1 amide bonds. The average molecular weight is 123 g/mol. The van der Waals surface area contributed by atoms with Crippen LogP contribution in [0.3, 0.4) is 0 Å². The summed E-state index contributed by atoms with van der Waals surface area (Å²) < 4.78 is 0. The third-order valence-electron chi connectivity index (χ3n) is 0.603. The molecular formula is C7H9NO. The zero-order valence-electron chi connectivity index (χ0n) is 5.62. The van der Waals surface area contributed by atoms with Crippen LogP contribution in [0.5, 0.6) is 0 Å². The van der Waals surface area contributed by atoms with Gasteiger partial charge in [-0.1, -0.05) is 12.5 Å². The monoisotopic (exact) mass is 123 g/mol. The Morgan fingerprint density at radius 3 is 2.56 bits per heavy atom. The number of allylic oxidation sites excluding steroid dienone is 1. The Hall–Kier alpha value is -1.23. The van der Waals surface area contributed by atoms with Gasteiger partial charge >= 0.3 is 0 Å². The van der Waals surface area contributed by atoms with E-state index in [0.29, 0.717) is 5.70 Å². The van der Waals surface area contributed by atoms with Crippen LogP contribution >= 0.6 is 0 Å². The van der Waals surface area contributed by atoms with Crippen LogP contribution in [-0.2, 0) is 4.79 Å². The molecule has 0 aromatic rings. The van der Waals surface area contributed by atoms with E-state index in [1.54, 1.807) is 6.92 Å². The van der Waals surface area contributed by atoms with Crippen molar-refractivity contribution in [1.29, 1.82) is 0 Å². The van der Waals surface area contributed by atoms with Crippen LogP contribution < -0.4 is 5.32 Å². The van der Waals surface area contributed by atoms with E-state index >= 15 is 0 Å². The summed E-state index contributed by atoms with van der Waals surface area (Å²) >= 11 is 0. The summed E-state index contributed by atoms with van der Waals surface area (Å²) in [6.45, 7) is 6.59. The Bertz CT molecular complexity index is 183. The molecule has 0 aliphatic heterocycles. The van der Waals surface area contributed by atoms with E-state index in [-0.39, 0.29) is 5.91 Å². The van der Waals surface area contributed by atoms with Crippen LogP contribution in [0, 0.1) is 11.8 Å². The molecule has 0 rings (SSSR count). The van der Waals surface area contributed by atoms with Crippen molar-refractivity contribution in [2.75, 3.05) is 0 Å². The highest BCUT2D eigenvalue weighted by atomic mass is 16.1. The minimum Gasteiger partial charge on any atom is -0.320 e. The zero-order chi connectivity index (χ0) is 7.28. The molecule has 9 heavy (non-hydrogen) atoms. The molecule has 0 radical (unpaired) electrons. The van der Waals surface area contributed by atoms with E-state index in [9.17, 15) is 4.79 Å². The molecule has 0 aromatic heterocycles. The lowest BCUT2D eigenvalue weighted by molar-refractivity contribution is -0.118. The van der Waals surface area contributed by atoms with Crippen LogP contribution in [0.25, 0.3) is 0 Å². The molecule has 0 fully saturated rings. The van der Waals surface area contributed by atoms with Crippen molar-refractivity contribution in [2.45, 2.75) is 13.8 Å². The van der Waals surface area contributed by atoms with E-state index in [4.69, 9.17) is 0 Å². The van der Waals surface area contributed by atoms with Gasteiger partial charge in [0, 0.05) is 6.92 Å². The van der Waals surface area contributed by atoms with Gasteiger partial charge in [0.2, 0.25) is 5.91 Å². The van der Waals surface area contributed by atoms with Crippen molar-refractivity contribution in [2.24, 2.45) is 0 Å². The summed E-state index contributed by atoms with van der Waals surface area (Å²) in [5, 5.41) is 2.44. The molecule has 48 valence electrons. The van der Waals surface area contributed by atoms with Gasteiger partial charge in [0.15, 0.2) is 0 Å². The number of rotatable bonds is 1. The first kappa shape index (κ1) is 7.77. The summed E-state index contributed by atoms with van der Waals surface area (Å²) in [6, 6.07) is 0. The van der Waals surface area contributed by atoms with Gasteiger partial charge in [-0.25, -0.2) is 0 Å². The van der Waals surface area contributed by atoms with Crippen LogP contribution in [-0.4, -0.2) is 5.91 Å². The second kappa shape index (κ2) is 3.73.